The molecule has 1 aromatic heterocycles. The maximum Gasteiger partial charge on any atom is 0.359 e. The zero-order chi connectivity index (χ0) is 12.1. The quantitative estimate of drug-likeness (QED) is 0.298. The van der Waals surface area contributed by atoms with Crippen molar-refractivity contribution in [2.75, 3.05) is 6.61 Å². The molecule has 0 amide bonds. The van der Waals surface area contributed by atoms with E-state index in [9.17, 15) is 9.18 Å². The van der Waals surface area contributed by atoms with Crippen molar-refractivity contribution >= 4 is 27.6 Å². The monoisotopic (exact) mass is 289 g/mol. The van der Waals surface area contributed by atoms with E-state index < -0.39 is 11.9 Å². The summed E-state index contributed by atoms with van der Waals surface area (Å²) >= 11 is 3.10. The van der Waals surface area contributed by atoms with Gasteiger partial charge in [-0.05, 0) is 28.9 Å². The second kappa shape index (κ2) is 5.55. The fourth-order valence-electron chi connectivity index (χ4n) is 1.02. The summed E-state index contributed by atoms with van der Waals surface area (Å²) in [5.41, 5.74) is -0.400. The van der Waals surface area contributed by atoms with E-state index in [-0.39, 0.29) is 17.9 Å². The Morgan fingerprint density at radius 1 is 1.75 bits per heavy atom. The number of hydrogen-bond acceptors (Lipinski definition) is 5. The van der Waals surface area contributed by atoms with Crippen LogP contribution in [0, 0.1) is 5.95 Å². The zero-order valence-electron chi connectivity index (χ0n) is 8.41. The van der Waals surface area contributed by atoms with Crippen molar-refractivity contribution in [3.63, 3.8) is 0 Å². The fourth-order valence-corrected chi connectivity index (χ4v) is 1.35. The number of pyridine rings is 1. The van der Waals surface area contributed by atoms with Crippen molar-refractivity contribution in [1.29, 1.82) is 0 Å². The van der Waals surface area contributed by atoms with Gasteiger partial charge in [0.25, 0.3) is 0 Å². The molecule has 86 valence electrons. The van der Waals surface area contributed by atoms with E-state index in [0.717, 1.165) is 0 Å². The number of nitrogens with zero attached hydrogens (tertiary/aromatic N) is 2. The number of halogens is 2. The lowest BCUT2D eigenvalue weighted by Gasteiger charge is -2.05. The maximum atomic E-state index is 13.3. The van der Waals surface area contributed by atoms with Gasteiger partial charge < -0.3 is 10.6 Å². The predicted molar refractivity (Wildman–Crippen MR) is 59.3 cm³/mol. The average molecular weight is 290 g/mol. The minimum absolute atomic E-state index is 0.102. The number of hydrazone groups is 1. The van der Waals surface area contributed by atoms with Crippen LogP contribution in [0.4, 0.5) is 4.39 Å². The largest absolute Gasteiger partial charge is 0.461 e. The Labute approximate surface area is 99.6 Å². The van der Waals surface area contributed by atoms with E-state index in [1.54, 1.807) is 6.92 Å². The molecule has 0 bridgehead atoms. The van der Waals surface area contributed by atoms with Gasteiger partial charge in [0.2, 0.25) is 5.95 Å². The maximum absolute atomic E-state index is 13.3. The van der Waals surface area contributed by atoms with Crippen LogP contribution >= 0.6 is 15.9 Å². The Morgan fingerprint density at radius 3 is 3.00 bits per heavy atom. The van der Waals surface area contributed by atoms with Crippen LogP contribution in [-0.4, -0.2) is 23.3 Å². The number of esters is 1. The first-order valence-corrected chi connectivity index (χ1v) is 5.15. The van der Waals surface area contributed by atoms with Gasteiger partial charge in [-0.3, -0.25) is 0 Å². The van der Waals surface area contributed by atoms with Gasteiger partial charge in [-0.15, -0.1) is 0 Å². The van der Waals surface area contributed by atoms with Crippen molar-refractivity contribution in [3.8, 4) is 0 Å². The molecule has 0 fully saturated rings. The van der Waals surface area contributed by atoms with Crippen LogP contribution in [0.1, 0.15) is 12.5 Å². The van der Waals surface area contributed by atoms with Gasteiger partial charge >= 0.3 is 5.97 Å². The summed E-state index contributed by atoms with van der Waals surface area (Å²) in [6.45, 7) is 1.78. The van der Waals surface area contributed by atoms with E-state index in [1.165, 1.54) is 12.3 Å². The lowest BCUT2D eigenvalue weighted by Crippen LogP contribution is -2.22. The summed E-state index contributed by atoms with van der Waals surface area (Å²) in [6, 6.07) is 1.35. The van der Waals surface area contributed by atoms with Gasteiger partial charge in [0, 0.05) is 10.7 Å². The second-order valence-corrected chi connectivity index (χ2v) is 3.61. The van der Waals surface area contributed by atoms with E-state index in [1.807, 2.05) is 0 Å². The summed E-state index contributed by atoms with van der Waals surface area (Å²) < 4.78 is 18.5. The van der Waals surface area contributed by atoms with Crippen molar-refractivity contribution < 1.29 is 13.9 Å². The van der Waals surface area contributed by atoms with E-state index in [2.05, 4.69) is 30.8 Å². The summed E-state index contributed by atoms with van der Waals surface area (Å²) in [5.74, 6) is 3.41. The van der Waals surface area contributed by atoms with Crippen LogP contribution in [0.3, 0.4) is 0 Å². The molecule has 1 rings (SSSR count). The Balaban J connectivity index is 3.14. The number of carbonyl (C=O) groups is 1. The van der Waals surface area contributed by atoms with E-state index in [4.69, 9.17) is 5.84 Å². The topological polar surface area (TPSA) is 77.6 Å². The van der Waals surface area contributed by atoms with Gasteiger partial charge in [-0.2, -0.15) is 9.49 Å². The van der Waals surface area contributed by atoms with Crippen LogP contribution in [0.5, 0.6) is 0 Å². The third kappa shape index (κ3) is 2.75. The molecule has 0 unspecified atom stereocenters. The highest BCUT2D eigenvalue weighted by Gasteiger charge is 2.20. The molecule has 0 aliphatic heterocycles. The molecule has 0 saturated heterocycles. The molecule has 1 heterocycles. The lowest BCUT2D eigenvalue weighted by molar-refractivity contribution is -0.134. The number of aromatic nitrogens is 1. The molecular weight excluding hydrogens is 281 g/mol. The lowest BCUT2D eigenvalue weighted by atomic mass is 10.2. The molecule has 5 nitrogen and oxygen atoms in total. The zero-order valence-corrected chi connectivity index (χ0v) is 9.99. The molecule has 7 heteroatoms. The molecule has 16 heavy (non-hydrogen) atoms. The number of rotatable bonds is 3. The predicted octanol–water partition coefficient (Wildman–Crippen LogP) is 1.21. The first-order valence-electron chi connectivity index (χ1n) is 4.36. The molecule has 0 aliphatic rings. The standard InChI is InChI=1S/C9H9BrFN3O2/c1-2-16-9(15)7(14-12)6-3-5(10)4-13-8(6)11/h3-4H,2,12H2,1H3/b14-7-. The van der Waals surface area contributed by atoms with E-state index in [0.29, 0.717) is 4.47 Å². The first-order chi connectivity index (χ1) is 7.60. The number of ether oxygens (including phenoxy) is 1. The molecule has 0 saturated carbocycles. The Bertz CT molecular complexity index is 437. The van der Waals surface area contributed by atoms with Crippen molar-refractivity contribution in [2.24, 2.45) is 10.9 Å². The number of carbonyl (C=O) groups excluding carboxylic acids is 1. The van der Waals surface area contributed by atoms with Gasteiger partial charge in [0.15, 0.2) is 5.71 Å². The average Bonchev–Trinajstić information content (AvgIpc) is 2.24. The van der Waals surface area contributed by atoms with E-state index >= 15 is 0 Å². The molecule has 0 atom stereocenters. The number of nitrogens with two attached hydrogens (primary N) is 1. The van der Waals surface area contributed by atoms with Gasteiger partial charge in [-0.25, -0.2) is 9.78 Å². The van der Waals surface area contributed by atoms with Crippen LogP contribution in [0.2, 0.25) is 0 Å². The highest BCUT2D eigenvalue weighted by molar-refractivity contribution is 9.10. The Kier molecular flexibility index (Phi) is 4.36. The normalized spacial score (nSPS) is 11.3. The third-order valence-corrected chi connectivity index (χ3v) is 2.09. The summed E-state index contributed by atoms with van der Waals surface area (Å²) in [4.78, 5) is 14.8. The van der Waals surface area contributed by atoms with Crippen molar-refractivity contribution in [2.45, 2.75) is 6.92 Å². The molecule has 0 aliphatic carbocycles. The summed E-state index contributed by atoms with van der Waals surface area (Å²) in [7, 11) is 0. The molecule has 1 aromatic rings. The molecule has 2 N–H and O–H groups in total. The molecule has 0 spiro atoms. The fraction of sp³-hybridized carbons (Fsp3) is 0.222. The second-order valence-electron chi connectivity index (χ2n) is 2.69. The number of hydrogen-bond donors (Lipinski definition) is 1. The minimum atomic E-state index is -0.833. The Hall–Kier alpha value is -1.50. The molecular formula is C9H9BrFN3O2. The van der Waals surface area contributed by atoms with Crippen LogP contribution < -0.4 is 5.84 Å². The summed E-state index contributed by atoms with van der Waals surface area (Å²) in [5, 5.41) is 3.22. The first kappa shape index (κ1) is 12.6. The highest BCUT2D eigenvalue weighted by atomic mass is 79.9. The highest BCUT2D eigenvalue weighted by Crippen LogP contribution is 2.14. The minimum Gasteiger partial charge on any atom is -0.461 e. The van der Waals surface area contributed by atoms with Gasteiger partial charge in [-0.1, -0.05) is 0 Å². The van der Waals surface area contributed by atoms with Gasteiger partial charge in [0.1, 0.15) is 0 Å². The molecule has 0 radical (unpaired) electrons. The smallest absolute Gasteiger partial charge is 0.359 e. The summed E-state index contributed by atoms with van der Waals surface area (Å²) in [6.07, 6.45) is 1.26. The van der Waals surface area contributed by atoms with Crippen molar-refractivity contribution in [3.05, 3.63) is 28.2 Å². The van der Waals surface area contributed by atoms with Crippen molar-refractivity contribution in [1.82, 2.24) is 4.98 Å². The Morgan fingerprint density at radius 2 is 2.44 bits per heavy atom. The van der Waals surface area contributed by atoms with Crippen LogP contribution in [0.25, 0.3) is 0 Å². The van der Waals surface area contributed by atoms with Gasteiger partial charge in [0.05, 0.1) is 12.2 Å². The SMILES string of the molecule is CCOC(=O)/C(=N\N)c1cc(Br)cnc1F. The van der Waals surface area contributed by atoms with Crippen LogP contribution in [0.15, 0.2) is 21.8 Å². The van der Waals surface area contributed by atoms with Crippen LogP contribution in [-0.2, 0) is 9.53 Å². The molecule has 0 aromatic carbocycles. The third-order valence-electron chi connectivity index (χ3n) is 1.66.